The van der Waals surface area contributed by atoms with E-state index in [1.165, 1.54) is 0 Å². The molecule has 0 aromatic heterocycles. The lowest BCUT2D eigenvalue weighted by Gasteiger charge is -2.05. The third-order valence-electron chi connectivity index (χ3n) is 3.21. The second-order valence-corrected chi connectivity index (χ2v) is 6.76. The zero-order valence-corrected chi connectivity index (χ0v) is 15.4. The van der Waals surface area contributed by atoms with Crippen LogP contribution in [0.25, 0.3) is 0 Å². The Labute approximate surface area is 152 Å². The van der Waals surface area contributed by atoms with Crippen LogP contribution in [0.5, 0.6) is 0 Å². The van der Waals surface area contributed by atoms with Gasteiger partial charge in [0, 0.05) is 14.6 Å². The molecule has 0 spiro atoms. The zero-order chi connectivity index (χ0) is 16.1. The second-order valence-electron chi connectivity index (χ2n) is 4.93. The van der Waals surface area contributed by atoms with Crippen molar-refractivity contribution < 1.29 is 0 Å². The Morgan fingerprint density at radius 2 is 1.26 bits per heavy atom. The van der Waals surface area contributed by atoms with Gasteiger partial charge in [0.05, 0.1) is 16.7 Å². The molecule has 1 N–H and O–H groups in total. The summed E-state index contributed by atoms with van der Waals surface area (Å²) >= 11 is 6.90. The van der Waals surface area contributed by atoms with Crippen LogP contribution in [0.1, 0.15) is 0 Å². The van der Waals surface area contributed by atoms with Crippen LogP contribution in [-0.2, 0) is 0 Å². The number of anilines is 2. The van der Waals surface area contributed by atoms with Crippen LogP contribution in [0, 0.1) is 0 Å². The van der Waals surface area contributed by atoms with E-state index in [1.54, 1.807) is 0 Å². The van der Waals surface area contributed by atoms with Crippen molar-refractivity contribution in [1.82, 2.24) is 0 Å². The van der Waals surface area contributed by atoms with E-state index >= 15 is 0 Å². The molecule has 0 amide bonds. The van der Waals surface area contributed by atoms with E-state index in [9.17, 15) is 0 Å². The number of nitrogens with one attached hydrogen (secondary N) is 1. The fourth-order valence-corrected chi connectivity index (χ4v) is 2.61. The van der Waals surface area contributed by atoms with Crippen LogP contribution in [-0.4, -0.2) is 0 Å². The minimum atomic E-state index is 0.889. The summed E-state index contributed by atoms with van der Waals surface area (Å²) in [6, 6.07) is 26.0. The Bertz CT molecular complexity index is 857. The van der Waals surface area contributed by atoms with E-state index in [0.29, 0.717) is 0 Å². The van der Waals surface area contributed by atoms with Crippen molar-refractivity contribution in [3.05, 3.63) is 93.2 Å². The standard InChI is InChI=1S/C19H14Br2N2/c20-14-6-10-16(11-7-14)22-18-4-2-1-3-5-19(18)23-17-12-8-15(21)9-13-17/h1-13H,(H,22,23). The van der Waals surface area contributed by atoms with E-state index in [2.05, 4.69) is 37.2 Å². The van der Waals surface area contributed by atoms with E-state index in [4.69, 9.17) is 4.99 Å². The average Bonchev–Trinajstić information content (AvgIpc) is 2.77. The van der Waals surface area contributed by atoms with Crippen molar-refractivity contribution in [2.24, 2.45) is 4.99 Å². The molecule has 114 valence electrons. The number of hydrogen-bond donors (Lipinski definition) is 1. The van der Waals surface area contributed by atoms with E-state index < -0.39 is 0 Å². The summed E-state index contributed by atoms with van der Waals surface area (Å²) in [4.78, 5) is 4.74. The monoisotopic (exact) mass is 428 g/mol. The van der Waals surface area contributed by atoms with Gasteiger partial charge in [0.25, 0.3) is 0 Å². The molecular weight excluding hydrogens is 416 g/mol. The lowest BCUT2D eigenvalue weighted by Crippen LogP contribution is -2.05. The van der Waals surface area contributed by atoms with Gasteiger partial charge in [-0.15, -0.1) is 0 Å². The second kappa shape index (κ2) is 7.57. The third kappa shape index (κ3) is 4.53. The summed E-state index contributed by atoms with van der Waals surface area (Å²) in [5, 5.41) is 4.32. The van der Waals surface area contributed by atoms with Gasteiger partial charge in [-0.2, -0.15) is 0 Å². The Morgan fingerprint density at radius 1 is 0.652 bits per heavy atom. The van der Waals surface area contributed by atoms with Crippen LogP contribution >= 0.6 is 31.9 Å². The van der Waals surface area contributed by atoms with Crippen LogP contribution in [0.4, 0.5) is 17.1 Å². The lowest BCUT2D eigenvalue weighted by atomic mass is 10.3. The SMILES string of the molecule is Brc1ccc(N=c2cccccc2Nc2ccc(Br)cc2)cc1. The first-order valence-electron chi connectivity index (χ1n) is 7.13. The highest BCUT2D eigenvalue weighted by atomic mass is 79.9. The largest absolute Gasteiger partial charge is 0.354 e. The Morgan fingerprint density at radius 3 is 1.96 bits per heavy atom. The molecule has 0 atom stereocenters. The normalized spacial score (nSPS) is 11.3. The van der Waals surface area contributed by atoms with E-state index in [0.717, 1.165) is 31.4 Å². The van der Waals surface area contributed by atoms with Crippen molar-refractivity contribution in [3.8, 4) is 0 Å². The maximum absolute atomic E-state index is 4.74. The van der Waals surface area contributed by atoms with Crippen molar-refractivity contribution in [1.29, 1.82) is 0 Å². The summed E-state index contributed by atoms with van der Waals surface area (Å²) in [6.45, 7) is 0. The number of rotatable bonds is 3. The molecule has 2 nitrogen and oxygen atoms in total. The van der Waals surface area contributed by atoms with E-state index in [1.807, 2.05) is 78.9 Å². The molecule has 3 rings (SSSR count). The van der Waals surface area contributed by atoms with Gasteiger partial charge < -0.3 is 5.32 Å². The lowest BCUT2D eigenvalue weighted by molar-refractivity contribution is 1.34. The van der Waals surface area contributed by atoms with Crippen LogP contribution < -0.4 is 10.7 Å². The topological polar surface area (TPSA) is 24.4 Å². The molecule has 0 saturated heterocycles. The molecule has 0 aliphatic carbocycles. The molecule has 0 aliphatic heterocycles. The number of hydrogen-bond acceptors (Lipinski definition) is 2. The molecule has 0 aliphatic rings. The van der Waals surface area contributed by atoms with Gasteiger partial charge in [-0.25, -0.2) is 4.99 Å². The van der Waals surface area contributed by atoms with Crippen LogP contribution in [0.3, 0.4) is 0 Å². The Balaban J connectivity index is 2.02. The molecule has 0 radical (unpaired) electrons. The van der Waals surface area contributed by atoms with Gasteiger partial charge in [-0.1, -0.05) is 50.1 Å². The van der Waals surface area contributed by atoms with E-state index in [-0.39, 0.29) is 0 Å². The number of nitrogens with zero attached hydrogens (tertiary/aromatic N) is 1. The van der Waals surface area contributed by atoms with Gasteiger partial charge in [-0.3, -0.25) is 0 Å². The van der Waals surface area contributed by atoms with Crippen molar-refractivity contribution in [3.63, 3.8) is 0 Å². The van der Waals surface area contributed by atoms with Crippen molar-refractivity contribution in [2.75, 3.05) is 5.32 Å². The molecule has 0 heterocycles. The van der Waals surface area contributed by atoms with Crippen LogP contribution in [0.2, 0.25) is 0 Å². The smallest absolute Gasteiger partial charge is 0.0871 e. The van der Waals surface area contributed by atoms with Gasteiger partial charge >= 0.3 is 0 Å². The van der Waals surface area contributed by atoms with Gasteiger partial charge in [0.2, 0.25) is 0 Å². The molecule has 0 fully saturated rings. The highest BCUT2D eigenvalue weighted by Crippen LogP contribution is 2.19. The molecular formula is C19H14Br2N2. The summed E-state index contributed by atoms with van der Waals surface area (Å²) in [7, 11) is 0. The first-order chi connectivity index (χ1) is 11.2. The third-order valence-corrected chi connectivity index (χ3v) is 4.27. The fraction of sp³-hybridized carbons (Fsp3) is 0. The maximum atomic E-state index is 4.74. The Kier molecular flexibility index (Phi) is 5.26. The molecule has 3 aromatic rings. The maximum Gasteiger partial charge on any atom is 0.0871 e. The quantitative estimate of drug-likeness (QED) is 0.527. The van der Waals surface area contributed by atoms with Crippen molar-refractivity contribution in [2.45, 2.75) is 0 Å². The first kappa shape index (κ1) is 16.0. The van der Waals surface area contributed by atoms with Crippen molar-refractivity contribution >= 4 is 48.9 Å². The molecule has 3 aromatic carbocycles. The highest BCUT2D eigenvalue weighted by molar-refractivity contribution is 9.10. The molecule has 23 heavy (non-hydrogen) atoms. The molecule has 0 saturated carbocycles. The molecule has 0 unspecified atom stereocenters. The number of benzene rings is 2. The fourth-order valence-electron chi connectivity index (χ4n) is 2.08. The summed E-state index contributed by atoms with van der Waals surface area (Å²) in [6.07, 6.45) is 0. The van der Waals surface area contributed by atoms with Gasteiger partial charge in [0.15, 0.2) is 0 Å². The Hall–Kier alpha value is -1.91. The summed E-state index contributed by atoms with van der Waals surface area (Å²) in [5.41, 5.74) is 2.89. The summed E-state index contributed by atoms with van der Waals surface area (Å²) in [5.74, 6) is 0. The number of halogens is 2. The average molecular weight is 430 g/mol. The minimum Gasteiger partial charge on any atom is -0.354 e. The first-order valence-corrected chi connectivity index (χ1v) is 8.71. The zero-order valence-electron chi connectivity index (χ0n) is 12.2. The minimum absolute atomic E-state index is 0.889. The van der Waals surface area contributed by atoms with Gasteiger partial charge in [0.1, 0.15) is 0 Å². The predicted octanol–water partition coefficient (Wildman–Crippen LogP) is 6.19. The molecule has 0 bridgehead atoms. The summed E-state index contributed by atoms with van der Waals surface area (Å²) < 4.78 is 2.10. The van der Waals surface area contributed by atoms with Gasteiger partial charge in [-0.05, 0) is 60.7 Å². The predicted molar refractivity (Wildman–Crippen MR) is 103 cm³/mol. The molecule has 4 heteroatoms. The highest BCUT2D eigenvalue weighted by Gasteiger charge is 1.98. The van der Waals surface area contributed by atoms with Crippen LogP contribution in [0.15, 0.2) is 92.8 Å².